The van der Waals surface area contributed by atoms with Gasteiger partial charge < -0.3 is 9.84 Å². The van der Waals surface area contributed by atoms with E-state index in [4.69, 9.17) is 16.3 Å². The Hall–Kier alpha value is -2.84. The van der Waals surface area contributed by atoms with Crippen LogP contribution in [0.3, 0.4) is 0 Å². The molecule has 0 aliphatic carbocycles. The number of phenolic OH excluding ortho intramolecular Hbond substituents is 1. The van der Waals surface area contributed by atoms with Crippen molar-refractivity contribution in [3.8, 4) is 11.5 Å². The molecule has 1 aliphatic heterocycles. The van der Waals surface area contributed by atoms with E-state index in [2.05, 4.69) is 21.2 Å². The van der Waals surface area contributed by atoms with Gasteiger partial charge in [-0.2, -0.15) is 0 Å². The van der Waals surface area contributed by atoms with Gasteiger partial charge in [0.2, 0.25) is 0 Å². The fourth-order valence-electron chi connectivity index (χ4n) is 2.59. The molecule has 1 heterocycles. The van der Waals surface area contributed by atoms with Crippen molar-refractivity contribution in [3.05, 3.63) is 57.0 Å². The maximum Gasteiger partial charge on any atom is 0.335 e. The van der Waals surface area contributed by atoms with E-state index in [1.54, 1.807) is 31.2 Å². The summed E-state index contributed by atoms with van der Waals surface area (Å²) >= 11 is 9.28. The van der Waals surface area contributed by atoms with Crippen molar-refractivity contribution in [1.82, 2.24) is 5.32 Å². The Bertz CT molecular complexity index is 1000. The van der Waals surface area contributed by atoms with E-state index in [0.717, 1.165) is 9.37 Å². The average Bonchev–Trinajstić information content (AvgIpc) is 2.64. The summed E-state index contributed by atoms with van der Waals surface area (Å²) in [6, 6.07) is 8.46. The topological polar surface area (TPSA) is 95.9 Å². The van der Waals surface area contributed by atoms with Crippen LogP contribution in [0.4, 0.5) is 10.5 Å². The highest BCUT2D eigenvalue weighted by Crippen LogP contribution is 2.36. The van der Waals surface area contributed by atoms with E-state index < -0.39 is 17.8 Å². The standard InChI is InChI=1S/C19H14BrClN2O5/c1-2-28-15-9-10(8-14(21)16(15)24)7-13-17(25)22-19(27)23(18(13)26)12-5-3-11(20)4-6-12/h3-9,24H,2H2,1H3,(H,22,25,27). The normalized spacial score (nSPS) is 15.8. The Morgan fingerprint density at radius 1 is 1.21 bits per heavy atom. The molecule has 4 amide bonds. The number of rotatable bonds is 4. The van der Waals surface area contributed by atoms with Crippen LogP contribution in [0.5, 0.6) is 11.5 Å². The zero-order chi connectivity index (χ0) is 20.4. The highest BCUT2D eigenvalue weighted by molar-refractivity contribution is 9.10. The van der Waals surface area contributed by atoms with E-state index >= 15 is 0 Å². The van der Waals surface area contributed by atoms with E-state index in [1.807, 2.05) is 0 Å². The first-order valence-corrected chi connectivity index (χ1v) is 9.31. The van der Waals surface area contributed by atoms with Crippen LogP contribution in [-0.2, 0) is 9.59 Å². The van der Waals surface area contributed by atoms with Crippen molar-refractivity contribution >= 4 is 57.1 Å². The number of barbiturate groups is 1. The van der Waals surface area contributed by atoms with Crippen LogP contribution in [0.15, 0.2) is 46.4 Å². The molecule has 2 N–H and O–H groups in total. The van der Waals surface area contributed by atoms with Gasteiger partial charge in [-0.15, -0.1) is 0 Å². The van der Waals surface area contributed by atoms with Crippen LogP contribution >= 0.6 is 27.5 Å². The van der Waals surface area contributed by atoms with Gasteiger partial charge in [0.05, 0.1) is 17.3 Å². The molecule has 28 heavy (non-hydrogen) atoms. The second kappa shape index (κ2) is 8.04. The number of imide groups is 2. The van der Waals surface area contributed by atoms with Crippen molar-refractivity contribution in [1.29, 1.82) is 0 Å². The average molecular weight is 466 g/mol. The summed E-state index contributed by atoms with van der Waals surface area (Å²) in [4.78, 5) is 38.2. The molecule has 0 atom stereocenters. The first kappa shape index (κ1) is 19.9. The maximum absolute atomic E-state index is 12.8. The SMILES string of the molecule is CCOc1cc(C=C2C(=O)NC(=O)N(c3ccc(Br)cc3)C2=O)cc(Cl)c1O. The number of ether oxygens (including phenoxy) is 1. The van der Waals surface area contributed by atoms with E-state index in [9.17, 15) is 19.5 Å². The number of hydrogen-bond acceptors (Lipinski definition) is 5. The molecule has 3 rings (SSSR count). The number of halogens is 2. The van der Waals surface area contributed by atoms with Gasteiger partial charge in [0.1, 0.15) is 5.57 Å². The predicted octanol–water partition coefficient (Wildman–Crippen LogP) is 3.87. The Kier molecular flexibility index (Phi) is 5.71. The lowest BCUT2D eigenvalue weighted by molar-refractivity contribution is -0.122. The van der Waals surface area contributed by atoms with Crippen LogP contribution in [0.2, 0.25) is 5.02 Å². The molecule has 0 saturated carbocycles. The van der Waals surface area contributed by atoms with Crippen molar-refractivity contribution in [2.45, 2.75) is 6.92 Å². The lowest BCUT2D eigenvalue weighted by atomic mass is 10.1. The summed E-state index contributed by atoms with van der Waals surface area (Å²) in [5.74, 6) is -1.73. The molecular weight excluding hydrogens is 452 g/mol. The largest absolute Gasteiger partial charge is 0.503 e. The number of aromatic hydroxyl groups is 1. The number of anilines is 1. The van der Waals surface area contributed by atoms with Crippen molar-refractivity contribution in [2.24, 2.45) is 0 Å². The monoisotopic (exact) mass is 464 g/mol. The number of urea groups is 1. The number of benzene rings is 2. The number of nitrogens with zero attached hydrogens (tertiary/aromatic N) is 1. The molecule has 0 unspecified atom stereocenters. The fraction of sp³-hybridized carbons (Fsp3) is 0.105. The summed E-state index contributed by atoms with van der Waals surface area (Å²) in [5, 5.41) is 12.1. The van der Waals surface area contributed by atoms with E-state index in [1.165, 1.54) is 18.2 Å². The third-order valence-corrected chi connectivity index (χ3v) is 4.66. The van der Waals surface area contributed by atoms with Gasteiger partial charge in [-0.25, -0.2) is 9.69 Å². The number of hydrogen-bond donors (Lipinski definition) is 2. The molecule has 0 bridgehead atoms. The summed E-state index contributed by atoms with van der Waals surface area (Å²) in [5.41, 5.74) is 0.407. The Balaban J connectivity index is 2.03. The first-order valence-electron chi connectivity index (χ1n) is 8.14. The predicted molar refractivity (Wildman–Crippen MR) is 107 cm³/mol. The first-order chi connectivity index (χ1) is 13.3. The number of nitrogens with one attached hydrogen (secondary N) is 1. The third-order valence-electron chi connectivity index (χ3n) is 3.85. The summed E-state index contributed by atoms with van der Waals surface area (Å²) in [6.45, 7) is 2.02. The molecule has 2 aromatic carbocycles. The van der Waals surface area contributed by atoms with E-state index in [0.29, 0.717) is 11.3 Å². The minimum absolute atomic E-state index is 0.00214. The minimum atomic E-state index is -0.840. The van der Waals surface area contributed by atoms with Gasteiger partial charge in [0.15, 0.2) is 11.5 Å². The minimum Gasteiger partial charge on any atom is -0.503 e. The van der Waals surface area contributed by atoms with Crippen molar-refractivity contribution < 1.29 is 24.2 Å². The fourth-order valence-corrected chi connectivity index (χ4v) is 3.07. The van der Waals surface area contributed by atoms with Crippen molar-refractivity contribution in [2.75, 3.05) is 11.5 Å². The lowest BCUT2D eigenvalue weighted by Gasteiger charge is -2.26. The van der Waals surface area contributed by atoms with Gasteiger partial charge in [0, 0.05) is 4.47 Å². The Morgan fingerprint density at radius 3 is 2.54 bits per heavy atom. The van der Waals surface area contributed by atoms with E-state index in [-0.39, 0.29) is 28.7 Å². The molecule has 2 aromatic rings. The molecule has 7 nitrogen and oxygen atoms in total. The molecule has 0 radical (unpaired) electrons. The molecule has 1 aliphatic rings. The number of phenols is 1. The summed E-state index contributed by atoms with van der Waals surface area (Å²) < 4.78 is 6.07. The van der Waals surface area contributed by atoms with Gasteiger partial charge in [-0.3, -0.25) is 14.9 Å². The zero-order valence-electron chi connectivity index (χ0n) is 14.5. The number of carbonyl (C=O) groups is 3. The number of amides is 4. The summed E-state index contributed by atoms with van der Waals surface area (Å²) in [7, 11) is 0. The summed E-state index contributed by atoms with van der Waals surface area (Å²) in [6.07, 6.45) is 1.28. The Labute approximate surface area is 173 Å². The van der Waals surface area contributed by atoms with Crippen LogP contribution in [0.1, 0.15) is 12.5 Å². The molecular formula is C19H14BrClN2O5. The van der Waals surface area contributed by atoms with Crippen LogP contribution in [-0.4, -0.2) is 29.6 Å². The molecule has 144 valence electrons. The van der Waals surface area contributed by atoms with Crippen molar-refractivity contribution in [3.63, 3.8) is 0 Å². The molecule has 1 saturated heterocycles. The maximum atomic E-state index is 12.8. The smallest absolute Gasteiger partial charge is 0.335 e. The third kappa shape index (κ3) is 3.88. The van der Waals surface area contributed by atoms with Gasteiger partial charge in [0.25, 0.3) is 11.8 Å². The second-order valence-electron chi connectivity index (χ2n) is 5.72. The van der Waals surface area contributed by atoms with Crippen LogP contribution in [0, 0.1) is 0 Å². The molecule has 0 spiro atoms. The van der Waals surface area contributed by atoms with Gasteiger partial charge in [-0.1, -0.05) is 27.5 Å². The highest BCUT2D eigenvalue weighted by atomic mass is 79.9. The highest BCUT2D eigenvalue weighted by Gasteiger charge is 2.36. The zero-order valence-corrected chi connectivity index (χ0v) is 16.9. The quantitative estimate of drug-likeness (QED) is 0.528. The van der Waals surface area contributed by atoms with Crippen LogP contribution < -0.4 is 15.0 Å². The van der Waals surface area contributed by atoms with Gasteiger partial charge >= 0.3 is 6.03 Å². The van der Waals surface area contributed by atoms with Gasteiger partial charge in [-0.05, 0) is 55.0 Å². The Morgan fingerprint density at radius 2 is 1.89 bits per heavy atom. The molecule has 9 heteroatoms. The second-order valence-corrected chi connectivity index (χ2v) is 7.04. The molecule has 1 fully saturated rings. The lowest BCUT2D eigenvalue weighted by Crippen LogP contribution is -2.54. The number of carbonyl (C=O) groups excluding carboxylic acids is 3. The van der Waals surface area contributed by atoms with Crippen LogP contribution in [0.25, 0.3) is 6.08 Å². The molecule has 0 aromatic heterocycles.